The molecule has 10 heteroatoms. The topological polar surface area (TPSA) is 85.3 Å². The van der Waals surface area contributed by atoms with Crippen LogP contribution in [-0.4, -0.2) is 89.7 Å². The van der Waals surface area contributed by atoms with Gasteiger partial charge in [0.15, 0.2) is 11.6 Å². The number of ether oxygens (including phenoxy) is 1. The summed E-state index contributed by atoms with van der Waals surface area (Å²) in [6.07, 6.45) is 2.89. The fourth-order valence-electron chi connectivity index (χ4n) is 6.03. The number of phenolic OH excluding ortho intramolecular Hbond substituents is 1. The Bertz CT molecular complexity index is 1470. The van der Waals surface area contributed by atoms with Crippen LogP contribution in [0.15, 0.2) is 36.9 Å². The molecule has 224 valence electrons. The first-order chi connectivity index (χ1) is 20.2. The van der Waals surface area contributed by atoms with Crippen LogP contribution in [0.1, 0.15) is 37.1 Å². The minimum Gasteiger partial charge on any atom is -0.505 e. The molecule has 3 aromatic rings. The molecular weight excluding hydrogens is 535 g/mol. The highest BCUT2D eigenvalue weighted by Gasteiger charge is 2.31. The van der Waals surface area contributed by atoms with E-state index < -0.39 is 5.82 Å². The van der Waals surface area contributed by atoms with Gasteiger partial charge in [-0.15, -0.1) is 0 Å². The number of amides is 1. The highest BCUT2D eigenvalue weighted by Crippen LogP contribution is 2.40. The highest BCUT2D eigenvalue weighted by atomic mass is 19.1. The Kier molecular flexibility index (Phi) is 8.82. The minimum atomic E-state index is -0.623. The summed E-state index contributed by atoms with van der Waals surface area (Å²) < 4.78 is 21.8. The number of aromatic nitrogens is 2. The third-order valence-corrected chi connectivity index (χ3v) is 8.67. The fraction of sp³-hybridized carbons (Fsp3) is 0.469. The lowest BCUT2D eigenvalue weighted by atomic mass is 9.99. The van der Waals surface area contributed by atoms with Gasteiger partial charge in [0, 0.05) is 49.7 Å². The summed E-state index contributed by atoms with van der Waals surface area (Å²) in [4.78, 5) is 30.1. The number of phenols is 1. The number of anilines is 2. The van der Waals surface area contributed by atoms with Crippen molar-refractivity contribution in [1.82, 2.24) is 19.8 Å². The second kappa shape index (κ2) is 12.5. The van der Waals surface area contributed by atoms with Crippen molar-refractivity contribution in [1.29, 1.82) is 0 Å². The molecule has 0 bridgehead atoms. The number of halogens is 1. The van der Waals surface area contributed by atoms with Gasteiger partial charge in [-0.1, -0.05) is 38.6 Å². The molecule has 2 aromatic carbocycles. The van der Waals surface area contributed by atoms with Crippen molar-refractivity contribution in [2.45, 2.75) is 46.2 Å². The number of carbonyl (C=O) groups excluding carboxylic acids is 1. The Morgan fingerprint density at radius 1 is 1.19 bits per heavy atom. The summed E-state index contributed by atoms with van der Waals surface area (Å²) in [5.41, 5.74) is 3.13. The number of rotatable bonds is 9. The lowest BCUT2D eigenvalue weighted by Crippen LogP contribution is -2.49. The number of carbonyl (C=O) groups is 1. The van der Waals surface area contributed by atoms with Gasteiger partial charge in [-0.2, -0.15) is 9.97 Å². The van der Waals surface area contributed by atoms with Crippen molar-refractivity contribution < 1.29 is 19.0 Å². The third-order valence-electron chi connectivity index (χ3n) is 8.67. The first-order valence-corrected chi connectivity index (χ1v) is 14.8. The van der Waals surface area contributed by atoms with Gasteiger partial charge in [0.2, 0.25) is 5.91 Å². The van der Waals surface area contributed by atoms with E-state index in [4.69, 9.17) is 14.7 Å². The molecule has 1 saturated heterocycles. The van der Waals surface area contributed by atoms with Gasteiger partial charge in [0.1, 0.15) is 12.4 Å². The third kappa shape index (κ3) is 5.72. The van der Waals surface area contributed by atoms with Crippen molar-refractivity contribution in [3.05, 3.63) is 59.6 Å². The average Bonchev–Trinajstić information content (AvgIpc) is 3.01. The lowest BCUT2D eigenvalue weighted by molar-refractivity contribution is -0.126. The van der Waals surface area contributed by atoms with Crippen molar-refractivity contribution in [2.24, 2.45) is 0 Å². The van der Waals surface area contributed by atoms with Crippen molar-refractivity contribution in [2.75, 3.05) is 62.7 Å². The van der Waals surface area contributed by atoms with Crippen LogP contribution in [0.4, 0.5) is 15.9 Å². The van der Waals surface area contributed by atoms with Crippen LogP contribution in [0, 0.1) is 12.7 Å². The molecule has 0 unspecified atom stereocenters. The number of benzene rings is 2. The molecule has 1 N–H and O–H groups in total. The van der Waals surface area contributed by atoms with Crippen LogP contribution in [-0.2, 0) is 17.8 Å². The Morgan fingerprint density at radius 3 is 2.64 bits per heavy atom. The van der Waals surface area contributed by atoms with E-state index in [9.17, 15) is 9.90 Å². The van der Waals surface area contributed by atoms with E-state index in [-0.39, 0.29) is 17.7 Å². The number of piperazine rings is 1. The average molecular weight is 577 g/mol. The summed E-state index contributed by atoms with van der Waals surface area (Å²) in [7, 11) is 2.08. The van der Waals surface area contributed by atoms with E-state index in [1.807, 2.05) is 30.0 Å². The van der Waals surface area contributed by atoms with Crippen LogP contribution in [0.25, 0.3) is 10.8 Å². The maximum absolute atomic E-state index is 15.6. The standard InChI is InChI=1S/C32H41FN6O3/c1-6-23(36(5)8-3)20-42-32-34-25-19-39(30-28-21(4)10-9-11-22(28)18-26(40)29(30)33)13-12-24(25)31(35-32)38-16-14-37(15-17-38)27(41)7-2/h7,9-11,18,23,40H,2,6,8,12-17,19-20H2,1,3-5H3/t23-/m0/s1. The van der Waals surface area contributed by atoms with Crippen LogP contribution >= 0.6 is 0 Å². The Hall–Kier alpha value is -3.92. The van der Waals surface area contributed by atoms with E-state index in [1.54, 1.807) is 4.90 Å². The second-order valence-electron chi connectivity index (χ2n) is 11.1. The summed E-state index contributed by atoms with van der Waals surface area (Å²) in [6, 6.07) is 7.77. The maximum Gasteiger partial charge on any atom is 0.318 e. The van der Waals surface area contributed by atoms with E-state index in [0.29, 0.717) is 64.0 Å². The first kappa shape index (κ1) is 29.6. The second-order valence-corrected chi connectivity index (χ2v) is 11.1. The van der Waals surface area contributed by atoms with Crippen molar-refractivity contribution in [3.63, 3.8) is 0 Å². The maximum atomic E-state index is 15.6. The van der Waals surface area contributed by atoms with Crippen LogP contribution in [0.2, 0.25) is 0 Å². The summed E-state index contributed by atoms with van der Waals surface area (Å²) >= 11 is 0. The minimum absolute atomic E-state index is 0.0691. The van der Waals surface area contributed by atoms with Gasteiger partial charge in [0.05, 0.1) is 17.9 Å². The molecule has 1 fully saturated rings. The predicted octanol–water partition coefficient (Wildman–Crippen LogP) is 4.29. The zero-order valence-corrected chi connectivity index (χ0v) is 25.1. The monoisotopic (exact) mass is 576 g/mol. The molecule has 3 heterocycles. The molecule has 0 aliphatic carbocycles. The largest absolute Gasteiger partial charge is 0.505 e. The van der Waals surface area contributed by atoms with E-state index >= 15 is 4.39 Å². The predicted molar refractivity (Wildman–Crippen MR) is 164 cm³/mol. The van der Waals surface area contributed by atoms with E-state index in [2.05, 4.69) is 37.3 Å². The number of hydrogen-bond acceptors (Lipinski definition) is 8. The molecule has 2 aliphatic rings. The quantitative estimate of drug-likeness (QED) is 0.378. The molecule has 2 aliphatic heterocycles. The molecular formula is C32H41FN6O3. The van der Waals surface area contributed by atoms with Gasteiger partial charge in [0.25, 0.3) is 0 Å². The molecule has 0 saturated carbocycles. The van der Waals surface area contributed by atoms with Gasteiger partial charge in [-0.05, 0) is 56.4 Å². The van der Waals surface area contributed by atoms with E-state index in [1.165, 1.54) is 12.1 Å². The Morgan fingerprint density at radius 2 is 1.95 bits per heavy atom. The molecule has 0 radical (unpaired) electrons. The fourth-order valence-corrected chi connectivity index (χ4v) is 6.03. The van der Waals surface area contributed by atoms with Gasteiger partial charge >= 0.3 is 6.01 Å². The van der Waals surface area contributed by atoms with Crippen molar-refractivity contribution >= 4 is 28.2 Å². The molecule has 1 atom stereocenters. The molecule has 42 heavy (non-hydrogen) atoms. The first-order valence-electron chi connectivity index (χ1n) is 14.8. The van der Waals surface area contributed by atoms with Gasteiger partial charge < -0.3 is 29.4 Å². The number of aromatic hydroxyl groups is 1. The zero-order valence-electron chi connectivity index (χ0n) is 25.1. The number of nitrogens with zero attached hydrogens (tertiary/aromatic N) is 6. The van der Waals surface area contributed by atoms with Crippen LogP contribution in [0.3, 0.4) is 0 Å². The Balaban J connectivity index is 1.51. The number of hydrogen-bond donors (Lipinski definition) is 1. The lowest BCUT2D eigenvalue weighted by Gasteiger charge is -2.38. The normalized spacial score (nSPS) is 16.1. The van der Waals surface area contributed by atoms with Gasteiger partial charge in [-0.25, -0.2) is 4.39 Å². The molecule has 1 amide bonds. The SMILES string of the molecule is C=CC(=O)N1CCN(c2nc(OC[C@H](CC)N(C)CC)nc3c2CCN(c2c(F)c(O)cc4cccc(C)c24)C3)CC1. The molecule has 9 nitrogen and oxygen atoms in total. The number of likely N-dealkylation sites (N-methyl/N-ethyl adjacent to an activating group) is 1. The summed E-state index contributed by atoms with van der Waals surface area (Å²) in [5, 5.41) is 12.1. The summed E-state index contributed by atoms with van der Waals surface area (Å²) in [6.45, 7) is 14.5. The molecule has 5 rings (SSSR count). The molecule has 1 aromatic heterocycles. The van der Waals surface area contributed by atoms with Crippen LogP contribution < -0.4 is 14.5 Å². The number of aryl methyl sites for hydroxylation is 1. The summed E-state index contributed by atoms with van der Waals surface area (Å²) in [5.74, 6) is -0.240. The highest BCUT2D eigenvalue weighted by molar-refractivity contribution is 5.98. The zero-order chi connectivity index (χ0) is 30.0. The van der Waals surface area contributed by atoms with Crippen molar-refractivity contribution in [3.8, 4) is 11.8 Å². The van der Waals surface area contributed by atoms with Gasteiger partial charge in [-0.3, -0.25) is 4.79 Å². The Labute approximate surface area is 247 Å². The molecule has 0 spiro atoms. The van der Waals surface area contributed by atoms with E-state index in [0.717, 1.165) is 46.4 Å². The van der Waals surface area contributed by atoms with Crippen LogP contribution in [0.5, 0.6) is 11.8 Å². The number of fused-ring (bicyclic) bond motifs is 2. The smallest absolute Gasteiger partial charge is 0.318 e.